The fraction of sp³-hybridized carbons (Fsp3) is 0.455. The molecule has 0 saturated carbocycles. The van der Waals surface area contributed by atoms with Crippen LogP contribution in [0.2, 0.25) is 0 Å². The van der Waals surface area contributed by atoms with Gasteiger partial charge in [0.2, 0.25) is 10.0 Å². The third-order valence-corrected chi connectivity index (χ3v) is 3.94. The molecule has 0 spiro atoms. The van der Waals surface area contributed by atoms with E-state index in [1.807, 2.05) is 17.7 Å². The second-order valence-electron chi connectivity index (χ2n) is 4.00. The zero-order valence-electron chi connectivity index (χ0n) is 11.9. The van der Waals surface area contributed by atoms with E-state index in [1.54, 1.807) is 6.20 Å². The van der Waals surface area contributed by atoms with Gasteiger partial charge in [-0.15, -0.1) is 0 Å². The van der Waals surface area contributed by atoms with E-state index in [-0.39, 0.29) is 0 Å². The molecule has 0 aliphatic rings. The standard InChI is InChI=1S/C9H15N3O2S.C2HF3O2/c1-4-15(13,14)11(3)7-8-12-6-5-10-9(12)2;3-2(4,5)1(6)7/h4-6H,1,7-8H2,2-3H3;(H,6,7). The molecular formula is C11H16F3N3O4S. The van der Waals surface area contributed by atoms with Crippen molar-refractivity contribution >= 4 is 16.0 Å². The highest BCUT2D eigenvalue weighted by Crippen LogP contribution is 2.13. The highest BCUT2D eigenvalue weighted by molar-refractivity contribution is 7.91. The quantitative estimate of drug-likeness (QED) is 0.868. The first-order chi connectivity index (χ1) is 9.91. The topological polar surface area (TPSA) is 92.5 Å². The number of halogens is 3. The molecule has 1 heterocycles. The van der Waals surface area contributed by atoms with Gasteiger partial charge in [-0.25, -0.2) is 18.2 Å². The Morgan fingerprint density at radius 2 is 2.05 bits per heavy atom. The number of aryl methyl sites for hydroxylation is 1. The largest absolute Gasteiger partial charge is 0.490 e. The van der Waals surface area contributed by atoms with Gasteiger partial charge < -0.3 is 9.67 Å². The van der Waals surface area contributed by atoms with Crippen molar-refractivity contribution in [1.82, 2.24) is 13.9 Å². The van der Waals surface area contributed by atoms with Crippen LogP contribution in [0, 0.1) is 6.92 Å². The van der Waals surface area contributed by atoms with E-state index in [1.165, 1.54) is 11.4 Å². The number of rotatable bonds is 5. The van der Waals surface area contributed by atoms with Gasteiger partial charge in [-0.05, 0) is 6.92 Å². The Labute approximate surface area is 125 Å². The number of carbonyl (C=O) groups is 1. The predicted molar refractivity (Wildman–Crippen MR) is 72.4 cm³/mol. The summed E-state index contributed by atoms with van der Waals surface area (Å²) in [4.78, 5) is 12.9. The summed E-state index contributed by atoms with van der Waals surface area (Å²) in [6, 6.07) is 0. The molecule has 126 valence electrons. The van der Waals surface area contributed by atoms with E-state index in [0.29, 0.717) is 13.1 Å². The van der Waals surface area contributed by atoms with Crippen LogP contribution in [-0.4, -0.2) is 53.1 Å². The minimum Gasteiger partial charge on any atom is -0.475 e. The molecule has 0 unspecified atom stereocenters. The summed E-state index contributed by atoms with van der Waals surface area (Å²) in [7, 11) is -1.77. The van der Waals surface area contributed by atoms with Crippen LogP contribution in [0.15, 0.2) is 24.4 Å². The number of nitrogens with zero attached hydrogens (tertiary/aromatic N) is 3. The van der Waals surface area contributed by atoms with E-state index >= 15 is 0 Å². The van der Waals surface area contributed by atoms with Gasteiger partial charge in [0, 0.05) is 37.9 Å². The first-order valence-corrected chi connectivity index (χ1v) is 7.28. The number of imidazole rings is 1. The Morgan fingerprint density at radius 3 is 2.36 bits per heavy atom. The van der Waals surface area contributed by atoms with Gasteiger partial charge in [-0.2, -0.15) is 17.5 Å². The number of alkyl halides is 3. The maximum absolute atomic E-state index is 11.3. The molecule has 1 aromatic heterocycles. The van der Waals surface area contributed by atoms with Crippen LogP contribution in [-0.2, 0) is 21.4 Å². The van der Waals surface area contributed by atoms with Gasteiger partial charge >= 0.3 is 12.1 Å². The summed E-state index contributed by atoms with van der Waals surface area (Å²) < 4.78 is 57.6. The molecule has 0 radical (unpaired) electrons. The van der Waals surface area contributed by atoms with Gasteiger partial charge in [0.25, 0.3) is 0 Å². The first-order valence-electron chi connectivity index (χ1n) is 5.78. The van der Waals surface area contributed by atoms with Crippen LogP contribution in [0.4, 0.5) is 13.2 Å². The van der Waals surface area contributed by atoms with Crippen molar-refractivity contribution in [2.75, 3.05) is 13.6 Å². The third kappa shape index (κ3) is 6.72. The van der Waals surface area contributed by atoms with Crippen molar-refractivity contribution in [1.29, 1.82) is 0 Å². The summed E-state index contributed by atoms with van der Waals surface area (Å²) in [5.41, 5.74) is 0. The fourth-order valence-corrected chi connectivity index (χ4v) is 1.73. The van der Waals surface area contributed by atoms with E-state index < -0.39 is 22.2 Å². The van der Waals surface area contributed by atoms with Crippen LogP contribution >= 0.6 is 0 Å². The molecule has 0 aliphatic carbocycles. The Kier molecular flexibility index (Phi) is 7.26. The number of aliphatic carboxylic acids is 1. The number of carboxylic acids is 1. The van der Waals surface area contributed by atoms with Crippen molar-refractivity contribution in [2.24, 2.45) is 0 Å². The van der Waals surface area contributed by atoms with Crippen molar-refractivity contribution in [3.63, 3.8) is 0 Å². The average Bonchev–Trinajstić information content (AvgIpc) is 2.81. The van der Waals surface area contributed by atoms with E-state index in [4.69, 9.17) is 9.90 Å². The smallest absolute Gasteiger partial charge is 0.475 e. The summed E-state index contributed by atoms with van der Waals surface area (Å²) in [6.07, 6.45) is -1.57. The van der Waals surface area contributed by atoms with Crippen molar-refractivity contribution in [3.05, 3.63) is 30.2 Å². The normalized spacial score (nSPS) is 11.7. The molecule has 0 atom stereocenters. The zero-order valence-corrected chi connectivity index (χ0v) is 12.7. The molecule has 0 amide bonds. The van der Waals surface area contributed by atoms with Crippen LogP contribution < -0.4 is 0 Å². The monoisotopic (exact) mass is 343 g/mol. The molecule has 1 aromatic rings. The summed E-state index contributed by atoms with van der Waals surface area (Å²) in [5, 5.41) is 8.08. The molecule has 0 aromatic carbocycles. The Bertz CT molecular complexity index is 610. The highest BCUT2D eigenvalue weighted by atomic mass is 32.2. The molecule has 0 bridgehead atoms. The number of likely N-dealkylation sites (N-methyl/N-ethyl adjacent to an activating group) is 1. The fourth-order valence-electron chi connectivity index (χ4n) is 1.14. The van der Waals surface area contributed by atoms with Crippen LogP contribution in [0.3, 0.4) is 0 Å². The number of aromatic nitrogens is 2. The molecular weight excluding hydrogens is 327 g/mol. The second-order valence-corrected chi connectivity index (χ2v) is 5.99. The lowest BCUT2D eigenvalue weighted by Gasteiger charge is -2.14. The maximum atomic E-state index is 11.3. The van der Waals surface area contributed by atoms with Crippen LogP contribution in [0.5, 0.6) is 0 Å². The van der Waals surface area contributed by atoms with Gasteiger partial charge in [0.1, 0.15) is 5.82 Å². The van der Waals surface area contributed by atoms with Gasteiger partial charge in [0.05, 0.1) is 0 Å². The predicted octanol–water partition coefficient (Wildman–Crippen LogP) is 1.23. The molecule has 0 fully saturated rings. The summed E-state index contributed by atoms with van der Waals surface area (Å²) in [5.74, 6) is -1.88. The SMILES string of the molecule is C=CS(=O)(=O)N(C)CCn1ccnc1C.O=C(O)C(F)(F)F. The Balaban J connectivity index is 0.000000534. The van der Waals surface area contributed by atoms with Gasteiger partial charge in [-0.1, -0.05) is 6.58 Å². The van der Waals surface area contributed by atoms with E-state index in [0.717, 1.165) is 11.2 Å². The van der Waals surface area contributed by atoms with Gasteiger partial charge in [-0.3, -0.25) is 0 Å². The molecule has 7 nitrogen and oxygen atoms in total. The molecule has 1 N–H and O–H groups in total. The first kappa shape index (κ1) is 20.1. The van der Waals surface area contributed by atoms with Crippen molar-refractivity contribution < 1.29 is 31.5 Å². The number of hydrogen-bond acceptors (Lipinski definition) is 4. The Hall–Kier alpha value is -1.88. The van der Waals surface area contributed by atoms with Crippen molar-refractivity contribution in [3.8, 4) is 0 Å². The second kappa shape index (κ2) is 7.94. The summed E-state index contributed by atoms with van der Waals surface area (Å²) >= 11 is 0. The molecule has 11 heteroatoms. The lowest BCUT2D eigenvalue weighted by molar-refractivity contribution is -0.192. The summed E-state index contributed by atoms with van der Waals surface area (Å²) in [6.45, 7) is 6.15. The number of hydrogen-bond donors (Lipinski definition) is 1. The van der Waals surface area contributed by atoms with Crippen LogP contribution in [0.1, 0.15) is 5.82 Å². The molecule has 0 aliphatic heterocycles. The van der Waals surface area contributed by atoms with Crippen LogP contribution in [0.25, 0.3) is 0 Å². The van der Waals surface area contributed by atoms with E-state index in [2.05, 4.69) is 11.6 Å². The molecule has 1 rings (SSSR count). The lowest BCUT2D eigenvalue weighted by atomic mass is 10.5. The zero-order chi connectivity index (χ0) is 17.6. The Morgan fingerprint density at radius 1 is 1.55 bits per heavy atom. The van der Waals surface area contributed by atoms with Gasteiger partial charge in [0.15, 0.2) is 0 Å². The average molecular weight is 343 g/mol. The van der Waals surface area contributed by atoms with E-state index in [9.17, 15) is 21.6 Å². The molecule has 22 heavy (non-hydrogen) atoms. The lowest BCUT2D eigenvalue weighted by Crippen LogP contribution is -2.28. The number of sulfonamides is 1. The highest BCUT2D eigenvalue weighted by Gasteiger charge is 2.38. The number of carboxylic acid groups (broad SMARTS) is 1. The van der Waals surface area contributed by atoms with Crippen molar-refractivity contribution in [2.45, 2.75) is 19.6 Å². The maximum Gasteiger partial charge on any atom is 0.490 e. The molecule has 0 saturated heterocycles. The third-order valence-electron chi connectivity index (χ3n) is 2.47. The minimum absolute atomic E-state index is 0.408. The minimum atomic E-state index is -5.08.